The molecule has 1 fully saturated rings. The summed E-state index contributed by atoms with van der Waals surface area (Å²) in [5.41, 5.74) is 1.54. The number of rotatable bonds is 4. The highest BCUT2D eigenvalue weighted by atomic mass is 32.1. The maximum Gasteiger partial charge on any atom is 0.157 e. The van der Waals surface area contributed by atoms with Crippen LogP contribution in [0.25, 0.3) is 9.88 Å². The van der Waals surface area contributed by atoms with E-state index in [1.807, 2.05) is 11.3 Å². The van der Waals surface area contributed by atoms with Crippen molar-refractivity contribution in [2.24, 2.45) is 0 Å². The Kier molecular flexibility index (Phi) is 2.71. The second-order valence-corrected chi connectivity index (χ2v) is 7.27. The van der Waals surface area contributed by atoms with Gasteiger partial charge in [0, 0.05) is 17.5 Å². The summed E-state index contributed by atoms with van der Waals surface area (Å²) in [6.45, 7) is 0.882. The molecule has 2 heterocycles. The molecule has 5 heteroatoms. The highest BCUT2D eigenvalue weighted by molar-refractivity contribution is 7.21. The van der Waals surface area contributed by atoms with E-state index in [1.54, 1.807) is 21.8 Å². The van der Waals surface area contributed by atoms with Crippen LogP contribution in [0.3, 0.4) is 0 Å². The number of thiophene rings is 1. The van der Waals surface area contributed by atoms with Crippen molar-refractivity contribution in [3.63, 3.8) is 0 Å². The van der Waals surface area contributed by atoms with Crippen LogP contribution < -0.4 is 5.32 Å². The highest BCUT2D eigenvalue weighted by Crippen LogP contribution is 2.37. The Morgan fingerprint density at radius 3 is 3.00 bits per heavy atom. The molecule has 0 bridgehead atoms. The summed E-state index contributed by atoms with van der Waals surface area (Å²) >= 11 is 3.65. The zero-order chi connectivity index (χ0) is 11.9. The molecule has 0 saturated heterocycles. The third kappa shape index (κ3) is 2.11. The van der Waals surface area contributed by atoms with E-state index in [4.69, 9.17) is 0 Å². The number of hydrogen-bond acceptors (Lipinski definition) is 5. The van der Waals surface area contributed by atoms with Gasteiger partial charge in [-0.1, -0.05) is 11.3 Å². The van der Waals surface area contributed by atoms with Crippen LogP contribution in [0.5, 0.6) is 0 Å². The van der Waals surface area contributed by atoms with Gasteiger partial charge in [-0.25, -0.2) is 0 Å². The smallest absolute Gasteiger partial charge is 0.157 e. The quantitative estimate of drug-likeness (QED) is 0.933. The minimum absolute atomic E-state index is 0.739. The van der Waals surface area contributed by atoms with E-state index in [-0.39, 0.29) is 0 Å². The normalized spacial score (nSPS) is 18.2. The van der Waals surface area contributed by atoms with Crippen molar-refractivity contribution in [1.82, 2.24) is 15.5 Å². The number of nitrogens with one attached hydrogen (secondary N) is 1. The molecule has 4 rings (SSSR count). The predicted molar refractivity (Wildman–Crippen MR) is 75.1 cm³/mol. The zero-order valence-corrected chi connectivity index (χ0v) is 11.7. The molecule has 0 atom stereocenters. The molecule has 2 aromatic heterocycles. The molecule has 3 nitrogen and oxygen atoms in total. The summed E-state index contributed by atoms with van der Waals surface area (Å²) in [4.78, 5) is 2.88. The Morgan fingerprint density at radius 1 is 1.22 bits per heavy atom. The second-order valence-electron chi connectivity index (χ2n) is 5.07. The summed E-state index contributed by atoms with van der Waals surface area (Å²) in [6, 6.07) is 3.06. The Morgan fingerprint density at radius 2 is 2.17 bits per heavy atom. The van der Waals surface area contributed by atoms with E-state index >= 15 is 0 Å². The molecule has 0 amide bonds. The molecule has 18 heavy (non-hydrogen) atoms. The fraction of sp³-hybridized carbons (Fsp3) is 0.538. The SMILES string of the molecule is c1c(-c2nnc(CNC3CC3)s2)sc2c1CCC2. The Balaban J connectivity index is 1.52. The monoisotopic (exact) mass is 277 g/mol. The third-order valence-corrected chi connectivity index (χ3v) is 5.87. The molecule has 1 saturated carbocycles. The number of hydrogen-bond donors (Lipinski definition) is 1. The number of fused-ring (bicyclic) bond motifs is 1. The lowest BCUT2D eigenvalue weighted by atomic mass is 10.2. The predicted octanol–water partition coefficient (Wildman–Crippen LogP) is 3.01. The van der Waals surface area contributed by atoms with Gasteiger partial charge in [-0.05, 0) is 43.7 Å². The van der Waals surface area contributed by atoms with Gasteiger partial charge in [-0.3, -0.25) is 0 Å². The number of aryl methyl sites for hydroxylation is 2. The standard InChI is InChI=1S/C13H15N3S2/c1-2-8-6-11(17-10(8)3-1)13-16-15-12(18-13)7-14-9-4-5-9/h6,9,14H,1-5,7H2. The average molecular weight is 277 g/mol. The first-order valence-electron chi connectivity index (χ1n) is 6.56. The molecular weight excluding hydrogens is 262 g/mol. The van der Waals surface area contributed by atoms with Gasteiger partial charge in [-0.15, -0.1) is 21.5 Å². The fourth-order valence-corrected chi connectivity index (χ4v) is 4.46. The van der Waals surface area contributed by atoms with Crippen LogP contribution in [0.4, 0.5) is 0 Å². The van der Waals surface area contributed by atoms with Crippen molar-refractivity contribution >= 4 is 22.7 Å². The van der Waals surface area contributed by atoms with E-state index in [9.17, 15) is 0 Å². The van der Waals surface area contributed by atoms with Gasteiger partial charge < -0.3 is 5.32 Å². The first-order valence-corrected chi connectivity index (χ1v) is 8.19. The minimum atomic E-state index is 0.739. The molecule has 0 aromatic carbocycles. The van der Waals surface area contributed by atoms with Gasteiger partial charge in [0.05, 0.1) is 4.88 Å². The van der Waals surface area contributed by atoms with Crippen molar-refractivity contribution in [3.05, 3.63) is 21.5 Å². The van der Waals surface area contributed by atoms with Gasteiger partial charge in [0.25, 0.3) is 0 Å². The van der Waals surface area contributed by atoms with Crippen molar-refractivity contribution < 1.29 is 0 Å². The van der Waals surface area contributed by atoms with E-state index in [0.717, 1.165) is 22.6 Å². The molecular formula is C13H15N3S2. The first kappa shape index (κ1) is 11.1. The van der Waals surface area contributed by atoms with Crippen molar-refractivity contribution in [1.29, 1.82) is 0 Å². The molecule has 94 valence electrons. The summed E-state index contributed by atoms with van der Waals surface area (Å²) in [7, 11) is 0. The lowest BCUT2D eigenvalue weighted by molar-refractivity contribution is 0.679. The van der Waals surface area contributed by atoms with Gasteiger partial charge >= 0.3 is 0 Å². The minimum Gasteiger partial charge on any atom is -0.308 e. The molecule has 2 aliphatic carbocycles. The zero-order valence-electron chi connectivity index (χ0n) is 10.1. The fourth-order valence-electron chi connectivity index (χ4n) is 2.38. The van der Waals surface area contributed by atoms with Gasteiger partial charge in [0.2, 0.25) is 0 Å². The Labute approximate surface area is 114 Å². The summed E-state index contributed by atoms with van der Waals surface area (Å²) in [5.74, 6) is 0. The lowest BCUT2D eigenvalue weighted by Crippen LogP contribution is -2.14. The van der Waals surface area contributed by atoms with E-state index in [0.29, 0.717) is 0 Å². The Bertz CT molecular complexity index is 547. The molecule has 0 spiro atoms. The van der Waals surface area contributed by atoms with Gasteiger partial charge in [-0.2, -0.15) is 0 Å². The molecule has 2 aromatic rings. The number of nitrogens with zero attached hydrogens (tertiary/aromatic N) is 2. The summed E-state index contributed by atoms with van der Waals surface area (Å²) in [5, 5.41) is 14.3. The molecule has 0 unspecified atom stereocenters. The average Bonchev–Trinajstić information content (AvgIpc) is 2.79. The highest BCUT2D eigenvalue weighted by Gasteiger charge is 2.21. The van der Waals surface area contributed by atoms with E-state index in [1.165, 1.54) is 37.0 Å². The van der Waals surface area contributed by atoms with Crippen molar-refractivity contribution in [3.8, 4) is 9.88 Å². The summed E-state index contributed by atoms with van der Waals surface area (Å²) < 4.78 is 0. The van der Waals surface area contributed by atoms with Crippen LogP contribution in [-0.4, -0.2) is 16.2 Å². The van der Waals surface area contributed by atoms with Crippen molar-refractivity contribution in [2.75, 3.05) is 0 Å². The Hall–Kier alpha value is -0.780. The molecule has 2 aliphatic rings. The molecule has 0 radical (unpaired) electrons. The number of aromatic nitrogens is 2. The van der Waals surface area contributed by atoms with E-state index in [2.05, 4.69) is 21.6 Å². The van der Waals surface area contributed by atoms with Crippen LogP contribution >= 0.6 is 22.7 Å². The maximum atomic E-state index is 4.34. The van der Waals surface area contributed by atoms with Crippen LogP contribution in [0.2, 0.25) is 0 Å². The second kappa shape index (κ2) is 4.40. The van der Waals surface area contributed by atoms with Crippen LogP contribution in [0, 0.1) is 0 Å². The largest absolute Gasteiger partial charge is 0.308 e. The van der Waals surface area contributed by atoms with Gasteiger partial charge in [0.1, 0.15) is 5.01 Å². The van der Waals surface area contributed by atoms with Crippen LogP contribution in [-0.2, 0) is 19.4 Å². The molecule has 1 N–H and O–H groups in total. The maximum absolute atomic E-state index is 4.34. The van der Waals surface area contributed by atoms with Crippen molar-refractivity contribution in [2.45, 2.75) is 44.7 Å². The van der Waals surface area contributed by atoms with Crippen LogP contribution in [0.1, 0.15) is 34.7 Å². The van der Waals surface area contributed by atoms with Gasteiger partial charge in [0.15, 0.2) is 5.01 Å². The van der Waals surface area contributed by atoms with Crippen LogP contribution in [0.15, 0.2) is 6.07 Å². The van der Waals surface area contributed by atoms with E-state index < -0.39 is 0 Å². The first-order chi connectivity index (χ1) is 8.88. The lowest BCUT2D eigenvalue weighted by Gasteiger charge is -1.95. The topological polar surface area (TPSA) is 37.8 Å². The third-order valence-electron chi connectivity index (χ3n) is 3.54. The molecule has 0 aliphatic heterocycles. The summed E-state index contributed by atoms with van der Waals surface area (Å²) in [6.07, 6.45) is 6.48.